The summed E-state index contributed by atoms with van der Waals surface area (Å²) in [6, 6.07) is 15.4. The monoisotopic (exact) mass is 266 g/mol. The highest BCUT2D eigenvalue weighted by Gasteiger charge is 2.10. The first kappa shape index (κ1) is 14.0. The van der Waals surface area contributed by atoms with Crippen LogP contribution in [-0.2, 0) is 11.3 Å². The number of rotatable bonds is 5. The Hall–Kier alpha value is -2.42. The minimum Gasteiger partial charge on any atom is -0.346 e. The Bertz CT molecular complexity index is 576. The largest absolute Gasteiger partial charge is 0.346 e. The van der Waals surface area contributed by atoms with Gasteiger partial charge in [0.15, 0.2) is 0 Å². The van der Waals surface area contributed by atoms with Gasteiger partial charge in [0.1, 0.15) is 0 Å². The zero-order chi connectivity index (χ0) is 14.2. The molecule has 1 amide bonds. The Kier molecular flexibility index (Phi) is 5.07. The summed E-state index contributed by atoms with van der Waals surface area (Å²) in [7, 11) is 0. The molecule has 0 aliphatic rings. The SMILES string of the molecule is CCC=C(C(=O)NCc1ccccn1)c1ccccc1. The Morgan fingerprint density at radius 3 is 2.55 bits per heavy atom. The third kappa shape index (κ3) is 3.79. The number of nitrogens with zero attached hydrogens (tertiary/aromatic N) is 1. The van der Waals surface area contributed by atoms with Gasteiger partial charge in [-0.1, -0.05) is 49.4 Å². The minimum absolute atomic E-state index is 0.0660. The van der Waals surface area contributed by atoms with Crippen LogP contribution in [0, 0.1) is 0 Å². The normalized spacial score (nSPS) is 11.2. The van der Waals surface area contributed by atoms with Crippen molar-refractivity contribution in [2.45, 2.75) is 19.9 Å². The maximum absolute atomic E-state index is 12.3. The van der Waals surface area contributed by atoms with Crippen LogP contribution in [0.4, 0.5) is 0 Å². The van der Waals surface area contributed by atoms with Crippen LogP contribution in [-0.4, -0.2) is 10.9 Å². The summed E-state index contributed by atoms with van der Waals surface area (Å²) in [4.78, 5) is 16.5. The lowest BCUT2D eigenvalue weighted by Crippen LogP contribution is -2.24. The number of carbonyl (C=O) groups excluding carboxylic acids is 1. The van der Waals surface area contributed by atoms with Crippen LogP contribution in [0.5, 0.6) is 0 Å². The van der Waals surface area contributed by atoms with E-state index in [1.54, 1.807) is 6.20 Å². The molecule has 3 heteroatoms. The summed E-state index contributed by atoms with van der Waals surface area (Å²) in [5.41, 5.74) is 2.50. The highest BCUT2D eigenvalue weighted by atomic mass is 16.1. The third-order valence-corrected chi connectivity index (χ3v) is 2.89. The van der Waals surface area contributed by atoms with Gasteiger partial charge < -0.3 is 5.32 Å². The highest BCUT2D eigenvalue weighted by Crippen LogP contribution is 2.15. The van der Waals surface area contributed by atoms with Gasteiger partial charge in [-0.3, -0.25) is 9.78 Å². The molecule has 0 radical (unpaired) electrons. The summed E-state index contributed by atoms with van der Waals surface area (Å²) in [6.07, 6.45) is 4.49. The van der Waals surface area contributed by atoms with Crippen molar-refractivity contribution in [2.75, 3.05) is 0 Å². The number of benzene rings is 1. The minimum atomic E-state index is -0.0660. The molecule has 0 bridgehead atoms. The maximum Gasteiger partial charge on any atom is 0.251 e. The second kappa shape index (κ2) is 7.24. The van der Waals surface area contributed by atoms with E-state index in [1.807, 2.05) is 61.5 Å². The summed E-state index contributed by atoms with van der Waals surface area (Å²) in [5, 5.41) is 2.91. The molecule has 0 saturated heterocycles. The van der Waals surface area contributed by atoms with E-state index in [9.17, 15) is 4.79 Å². The Labute approximate surface area is 119 Å². The number of hydrogen-bond acceptors (Lipinski definition) is 2. The topological polar surface area (TPSA) is 42.0 Å². The van der Waals surface area contributed by atoms with Crippen molar-refractivity contribution in [1.29, 1.82) is 0 Å². The zero-order valence-corrected chi connectivity index (χ0v) is 11.5. The molecule has 3 nitrogen and oxygen atoms in total. The lowest BCUT2D eigenvalue weighted by atomic mass is 10.0. The molecule has 0 atom stereocenters. The van der Waals surface area contributed by atoms with Gasteiger partial charge >= 0.3 is 0 Å². The van der Waals surface area contributed by atoms with Crippen LogP contribution in [0.3, 0.4) is 0 Å². The first-order valence-corrected chi connectivity index (χ1v) is 6.75. The first-order chi connectivity index (χ1) is 9.81. The van der Waals surface area contributed by atoms with Crippen molar-refractivity contribution >= 4 is 11.5 Å². The number of nitrogens with one attached hydrogen (secondary N) is 1. The molecule has 0 spiro atoms. The van der Waals surface area contributed by atoms with Crippen LogP contribution in [0.25, 0.3) is 5.57 Å². The molecule has 0 aliphatic heterocycles. The van der Waals surface area contributed by atoms with E-state index in [2.05, 4.69) is 10.3 Å². The Balaban J connectivity index is 2.07. The van der Waals surface area contributed by atoms with E-state index in [1.165, 1.54) is 0 Å². The number of hydrogen-bond donors (Lipinski definition) is 1. The molecule has 1 heterocycles. The van der Waals surface area contributed by atoms with Crippen LogP contribution in [0.1, 0.15) is 24.6 Å². The molecule has 1 aromatic carbocycles. The van der Waals surface area contributed by atoms with Crippen LogP contribution in [0.15, 0.2) is 60.8 Å². The molecule has 20 heavy (non-hydrogen) atoms. The van der Waals surface area contributed by atoms with Crippen LogP contribution >= 0.6 is 0 Å². The summed E-state index contributed by atoms with van der Waals surface area (Å²) >= 11 is 0. The number of amides is 1. The number of allylic oxidation sites excluding steroid dienone is 1. The van der Waals surface area contributed by atoms with Crippen LogP contribution < -0.4 is 5.32 Å². The molecule has 0 unspecified atom stereocenters. The van der Waals surface area contributed by atoms with Crippen LogP contribution in [0.2, 0.25) is 0 Å². The highest BCUT2D eigenvalue weighted by molar-refractivity contribution is 6.19. The van der Waals surface area contributed by atoms with Crippen molar-refractivity contribution in [3.63, 3.8) is 0 Å². The second-order valence-corrected chi connectivity index (χ2v) is 4.40. The lowest BCUT2D eigenvalue weighted by molar-refractivity contribution is -0.115. The van der Waals surface area contributed by atoms with Gasteiger partial charge in [-0.15, -0.1) is 0 Å². The van der Waals surface area contributed by atoms with Gasteiger partial charge in [-0.2, -0.15) is 0 Å². The number of aromatic nitrogens is 1. The van der Waals surface area contributed by atoms with Gasteiger partial charge in [-0.25, -0.2) is 0 Å². The number of carbonyl (C=O) groups is 1. The van der Waals surface area contributed by atoms with Crippen molar-refractivity contribution in [3.8, 4) is 0 Å². The Morgan fingerprint density at radius 1 is 1.15 bits per heavy atom. The average molecular weight is 266 g/mol. The van der Waals surface area contributed by atoms with Crippen molar-refractivity contribution in [3.05, 3.63) is 72.1 Å². The van der Waals surface area contributed by atoms with Gasteiger partial charge in [0.05, 0.1) is 12.2 Å². The predicted molar refractivity (Wildman–Crippen MR) is 80.8 cm³/mol. The lowest BCUT2D eigenvalue weighted by Gasteiger charge is -2.09. The van der Waals surface area contributed by atoms with E-state index < -0.39 is 0 Å². The van der Waals surface area contributed by atoms with Crippen molar-refractivity contribution in [2.24, 2.45) is 0 Å². The molecule has 2 rings (SSSR count). The quantitative estimate of drug-likeness (QED) is 0.844. The summed E-state index contributed by atoms with van der Waals surface area (Å²) in [6.45, 7) is 2.46. The van der Waals surface area contributed by atoms with Crippen molar-refractivity contribution in [1.82, 2.24) is 10.3 Å². The molecular weight excluding hydrogens is 248 g/mol. The predicted octanol–water partition coefficient (Wildman–Crippen LogP) is 3.19. The number of pyridine rings is 1. The fraction of sp³-hybridized carbons (Fsp3) is 0.176. The molecule has 2 aromatic rings. The van der Waals surface area contributed by atoms with Gasteiger partial charge in [0.2, 0.25) is 0 Å². The zero-order valence-electron chi connectivity index (χ0n) is 11.5. The van der Waals surface area contributed by atoms with E-state index >= 15 is 0 Å². The second-order valence-electron chi connectivity index (χ2n) is 4.40. The fourth-order valence-corrected chi connectivity index (χ4v) is 1.93. The smallest absolute Gasteiger partial charge is 0.251 e. The molecule has 0 fully saturated rings. The maximum atomic E-state index is 12.3. The van der Waals surface area contributed by atoms with Gasteiger partial charge in [0.25, 0.3) is 5.91 Å². The molecule has 1 N–H and O–H groups in total. The fourth-order valence-electron chi connectivity index (χ4n) is 1.93. The molecule has 0 saturated carbocycles. The molecule has 102 valence electrons. The van der Waals surface area contributed by atoms with Crippen molar-refractivity contribution < 1.29 is 4.79 Å². The summed E-state index contributed by atoms with van der Waals surface area (Å²) < 4.78 is 0. The molecular formula is C17H18N2O. The standard InChI is InChI=1S/C17H18N2O/c1-2-8-16(14-9-4-3-5-10-14)17(20)19-13-15-11-6-7-12-18-15/h3-12H,2,13H2,1H3,(H,19,20). The first-order valence-electron chi connectivity index (χ1n) is 6.75. The van der Waals surface area contributed by atoms with E-state index in [0.29, 0.717) is 12.1 Å². The molecule has 1 aromatic heterocycles. The van der Waals surface area contributed by atoms with E-state index in [4.69, 9.17) is 0 Å². The van der Waals surface area contributed by atoms with Gasteiger partial charge in [0, 0.05) is 11.8 Å². The summed E-state index contributed by atoms with van der Waals surface area (Å²) in [5.74, 6) is -0.0660. The third-order valence-electron chi connectivity index (χ3n) is 2.89. The van der Waals surface area contributed by atoms with E-state index in [0.717, 1.165) is 17.7 Å². The average Bonchev–Trinajstić information content (AvgIpc) is 2.52. The molecule has 0 aliphatic carbocycles. The van der Waals surface area contributed by atoms with E-state index in [-0.39, 0.29) is 5.91 Å². The Morgan fingerprint density at radius 2 is 1.90 bits per heavy atom. The van der Waals surface area contributed by atoms with Gasteiger partial charge in [-0.05, 0) is 24.1 Å².